The molecule has 19 heavy (non-hydrogen) atoms. The first-order valence-electron chi connectivity index (χ1n) is 6.52. The Morgan fingerprint density at radius 2 is 2.11 bits per heavy atom. The van der Waals surface area contributed by atoms with Gasteiger partial charge in [-0.1, -0.05) is 29.8 Å². The zero-order chi connectivity index (χ0) is 13.4. The summed E-state index contributed by atoms with van der Waals surface area (Å²) < 4.78 is 2.05. The highest BCUT2D eigenvalue weighted by molar-refractivity contribution is 5.76. The van der Waals surface area contributed by atoms with E-state index >= 15 is 0 Å². The van der Waals surface area contributed by atoms with Crippen molar-refractivity contribution in [2.24, 2.45) is 0 Å². The van der Waals surface area contributed by atoms with Crippen LogP contribution in [0.3, 0.4) is 0 Å². The van der Waals surface area contributed by atoms with E-state index in [4.69, 9.17) is 0 Å². The third-order valence-electron chi connectivity index (χ3n) is 3.73. The molecule has 0 aliphatic carbocycles. The quantitative estimate of drug-likeness (QED) is 0.898. The van der Waals surface area contributed by atoms with Crippen LogP contribution in [0.25, 0.3) is 11.4 Å². The maximum absolute atomic E-state index is 11.3. The van der Waals surface area contributed by atoms with Gasteiger partial charge in [0, 0.05) is 18.3 Å². The second-order valence-corrected chi connectivity index (χ2v) is 5.06. The number of nitrogens with zero attached hydrogens (tertiary/aromatic N) is 2. The van der Waals surface area contributed by atoms with Crippen LogP contribution in [0.2, 0.25) is 0 Å². The van der Waals surface area contributed by atoms with E-state index in [1.165, 1.54) is 5.56 Å². The van der Waals surface area contributed by atoms with Crippen molar-refractivity contribution in [2.45, 2.75) is 32.2 Å². The average Bonchev–Trinajstić information content (AvgIpc) is 2.83. The molecule has 0 spiro atoms. The molecule has 98 valence electrons. The average molecular weight is 256 g/mol. The van der Waals surface area contributed by atoms with E-state index < -0.39 is 11.9 Å². The van der Waals surface area contributed by atoms with Crippen molar-refractivity contribution in [1.82, 2.24) is 9.55 Å². The molecule has 0 saturated heterocycles. The predicted molar refractivity (Wildman–Crippen MR) is 72.0 cm³/mol. The van der Waals surface area contributed by atoms with E-state index in [2.05, 4.69) is 17.1 Å². The van der Waals surface area contributed by atoms with Crippen molar-refractivity contribution in [2.75, 3.05) is 0 Å². The van der Waals surface area contributed by atoms with Crippen LogP contribution in [0.5, 0.6) is 0 Å². The van der Waals surface area contributed by atoms with Crippen molar-refractivity contribution in [3.63, 3.8) is 0 Å². The molecule has 1 aliphatic heterocycles. The number of aromatic nitrogens is 2. The third kappa shape index (κ3) is 2.03. The number of benzene rings is 1. The number of carbonyl (C=O) groups is 1. The van der Waals surface area contributed by atoms with Crippen LogP contribution in [-0.4, -0.2) is 20.6 Å². The molecule has 1 unspecified atom stereocenters. The van der Waals surface area contributed by atoms with Crippen LogP contribution in [-0.2, 0) is 11.3 Å². The van der Waals surface area contributed by atoms with Crippen molar-refractivity contribution in [1.29, 1.82) is 0 Å². The topological polar surface area (TPSA) is 55.1 Å². The maximum atomic E-state index is 11.3. The van der Waals surface area contributed by atoms with Gasteiger partial charge in [-0.2, -0.15) is 0 Å². The molecular formula is C15H16N2O2. The zero-order valence-corrected chi connectivity index (χ0v) is 10.8. The number of fused-ring (bicyclic) bond motifs is 1. The number of rotatable bonds is 2. The summed E-state index contributed by atoms with van der Waals surface area (Å²) in [5.74, 6) is -0.294. The number of aryl methyl sites for hydroxylation is 1. The fourth-order valence-corrected chi connectivity index (χ4v) is 2.69. The predicted octanol–water partition coefficient (Wildman–Crippen LogP) is 2.82. The van der Waals surface area contributed by atoms with Gasteiger partial charge in [-0.05, 0) is 19.8 Å². The third-order valence-corrected chi connectivity index (χ3v) is 3.73. The lowest BCUT2D eigenvalue weighted by Gasteiger charge is -2.22. The molecular weight excluding hydrogens is 240 g/mol. The van der Waals surface area contributed by atoms with E-state index in [0.29, 0.717) is 6.42 Å². The summed E-state index contributed by atoms with van der Waals surface area (Å²) in [6.45, 7) is 2.90. The first-order valence-corrected chi connectivity index (χ1v) is 6.52. The molecule has 1 aliphatic rings. The first-order chi connectivity index (χ1) is 9.16. The summed E-state index contributed by atoms with van der Waals surface area (Å²) in [6.07, 6.45) is 3.31. The molecule has 0 bridgehead atoms. The van der Waals surface area contributed by atoms with Crippen LogP contribution in [0.4, 0.5) is 0 Å². The van der Waals surface area contributed by atoms with Crippen LogP contribution < -0.4 is 0 Å². The van der Waals surface area contributed by atoms with Gasteiger partial charge in [0.25, 0.3) is 0 Å². The van der Waals surface area contributed by atoms with Crippen molar-refractivity contribution in [3.05, 3.63) is 41.7 Å². The Kier molecular flexibility index (Phi) is 2.85. The molecule has 3 rings (SSSR count). The van der Waals surface area contributed by atoms with Crippen LogP contribution in [0.1, 0.15) is 30.0 Å². The van der Waals surface area contributed by atoms with Gasteiger partial charge >= 0.3 is 5.97 Å². The van der Waals surface area contributed by atoms with E-state index in [0.717, 1.165) is 30.0 Å². The van der Waals surface area contributed by atoms with Gasteiger partial charge in [0.1, 0.15) is 5.82 Å². The molecule has 2 aromatic rings. The van der Waals surface area contributed by atoms with E-state index in [9.17, 15) is 9.90 Å². The van der Waals surface area contributed by atoms with Gasteiger partial charge in [-0.3, -0.25) is 4.79 Å². The van der Waals surface area contributed by atoms with E-state index in [1.54, 1.807) is 6.20 Å². The largest absolute Gasteiger partial charge is 0.481 e. The van der Waals surface area contributed by atoms with Gasteiger partial charge in [-0.15, -0.1) is 0 Å². The molecule has 0 saturated carbocycles. The molecule has 1 aromatic heterocycles. The molecule has 4 nitrogen and oxygen atoms in total. The van der Waals surface area contributed by atoms with Crippen molar-refractivity contribution < 1.29 is 9.90 Å². The van der Waals surface area contributed by atoms with Crippen molar-refractivity contribution >= 4 is 5.97 Å². The fourth-order valence-electron chi connectivity index (χ4n) is 2.69. The van der Waals surface area contributed by atoms with E-state index in [-0.39, 0.29) is 0 Å². The Morgan fingerprint density at radius 1 is 1.37 bits per heavy atom. The zero-order valence-electron chi connectivity index (χ0n) is 10.8. The van der Waals surface area contributed by atoms with Crippen LogP contribution in [0.15, 0.2) is 30.5 Å². The van der Waals surface area contributed by atoms with Gasteiger partial charge in [0.05, 0.1) is 11.6 Å². The Hall–Kier alpha value is -2.10. The molecule has 0 fully saturated rings. The summed E-state index contributed by atoms with van der Waals surface area (Å²) in [7, 11) is 0. The Balaban J connectivity index is 2.05. The molecule has 4 heteroatoms. The maximum Gasteiger partial charge on any atom is 0.312 e. The summed E-state index contributed by atoms with van der Waals surface area (Å²) in [5, 5.41) is 9.26. The standard InChI is InChI=1S/C15H16N2O2/c1-10-4-6-11(7-5-10)14-16-9-13-12(15(18)19)3-2-8-17(13)14/h4-7,9,12H,2-3,8H2,1H3,(H,18,19). The number of imidazole rings is 1. The van der Waals surface area contributed by atoms with Gasteiger partial charge < -0.3 is 9.67 Å². The first kappa shape index (κ1) is 12.0. The lowest BCUT2D eigenvalue weighted by atomic mass is 9.96. The Morgan fingerprint density at radius 3 is 2.79 bits per heavy atom. The minimum atomic E-state index is -0.753. The SMILES string of the molecule is Cc1ccc(-c2ncc3n2CCCC3C(=O)O)cc1. The molecule has 0 amide bonds. The molecule has 2 heterocycles. The number of hydrogen-bond donors (Lipinski definition) is 1. The number of carboxylic acids is 1. The smallest absolute Gasteiger partial charge is 0.312 e. The molecule has 1 aromatic carbocycles. The summed E-state index contributed by atoms with van der Waals surface area (Å²) in [5.41, 5.74) is 3.08. The van der Waals surface area contributed by atoms with Gasteiger partial charge in [0.15, 0.2) is 0 Å². The Labute approximate surface area is 111 Å². The molecule has 0 radical (unpaired) electrons. The van der Waals surface area contributed by atoms with Gasteiger partial charge in [-0.25, -0.2) is 4.98 Å². The summed E-state index contributed by atoms with van der Waals surface area (Å²) in [6, 6.07) is 8.17. The summed E-state index contributed by atoms with van der Waals surface area (Å²) >= 11 is 0. The molecule has 1 atom stereocenters. The van der Waals surface area contributed by atoms with Gasteiger partial charge in [0.2, 0.25) is 0 Å². The highest BCUT2D eigenvalue weighted by Gasteiger charge is 2.28. The minimum Gasteiger partial charge on any atom is -0.481 e. The monoisotopic (exact) mass is 256 g/mol. The lowest BCUT2D eigenvalue weighted by Crippen LogP contribution is -2.21. The van der Waals surface area contributed by atoms with E-state index in [1.807, 2.05) is 23.6 Å². The van der Waals surface area contributed by atoms with Crippen LogP contribution >= 0.6 is 0 Å². The number of aliphatic carboxylic acids is 1. The minimum absolute atomic E-state index is 0.416. The fraction of sp³-hybridized carbons (Fsp3) is 0.333. The summed E-state index contributed by atoms with van der Waals surface area (Å²) in [4.78, 5) is 15.7. The number of carboxylic acid groups (broad SMARTS) is 1. The molecule has 1 N–H and O–H groups in total. The second kappa shape index (κ2) is 4.53. The highest BCUT2D eigenvalue weighted by Crippen LogP contribution is 2.31. The lowest BCUT2D eigenvalue weighted by molar-refractivity contribution is -0.139. The second-order valence-electron chi connectivity index (χ2n) is 5.06. The highest BCUT2D eigenvalue weighted by atomic mass is 16.4. The van der Waals surface area contributed by atoms with Crippen LogP contribution in [0, 0.1) is 6.92 Å². The van der Waals surface area contributed by atoms with Crippen molar-refractivity contribution in [3.8, 4) is 11.4 Å². The Bertz CT molecular complexity index is 614. The number of hydrogen-bond acceptors (Lipinski definition) is 2. The normalized spacial score (nSPS) is 18.1.